The van der Waals surface area contributed by atoms with Crippen LogP contribution < -0.4 is 10.6 Å². The molecule has 5 heteroatoms. The van der Waals surface area contributed by atoms with Crippen LogP contribution in [0.4, 0.5) is 10.5 Å². The molecule has 0 bridgehead atoms. The first-order valence-electron chi connectivity index (χ1n) is 6.86. The van der Waals surface area contributed by atoms with E-state index in [-0.39, 0.29) is 12.5 Å². The summed E-state index contributed by atoms with van der Waals surface area (Å²) in [6, 6.07) is 6.99. The van der Waals surface area contributed by atoms with Gasteiger partial charge in [-0.1, -0.05) is 32.4 Å². The molecule has 3 N–H and O–H groups in total. The van der Waals surface area contributed by atoms with Crippen LogP contribution in [0.15, 0.2) is 24.3 Å². The zero-order valence-corrected chi connectivity index (χ0v) is 12.0. The summed E-state index contributed by atoms with van der Waals surface area (Å²) in [6.07, 6.45) is 1.64. The zero-order valence-electron chi connectivity index (χ0n) is 12.0. The molecular weight excluding hydrogens is 256 g/mol. The van der Waals surface area contributed by atoms with E-state index in [1.807, 2.05) is 12.1 Å². The van der Waals surface area contributed by atoms with E-state index in [2.05, 4.69) is 24.5 Å². The van der Waals surface area contributed by atoms with E-state index in [1.165, 1.54) is 0 Å². The average Bonchev–Trinajstić information content (AvgIpc) is 2.44. The Morgan fingerprint density at radius 1 is 1.25 bits per heavy atom. The number of hydrogen-bond acceptors (Lipinski definition) is 2. The molecule has 1 atom stereocenters. The van der Waals surface area contributed by atoms with Crippen molar-refractivity contribution in [3.8, 4) is 0 Å². The lowest BCUT2D eigenvalue weighted by Crippen LogP contribution is -2.32. The number of anilines is 1. The normalized spacial score (nSPS) is 11.7. The number of aryl methyl sites for hydroxylation is 1. The summed E-state index contributed by atoms with van der Waals surface area (Å²) in [6.45, 7) is 4.82. The van der Waals surface area contributed by atoms with E-state index >= 15 is 0 Å². The van der Waals surface area contributed by atoms with Crippen LogP contribution >= 0.6 is 0 Å². The number of aliphatic carboxylic acids is 1. The van der Waals surface area contributed by atoms with Crippen molar-refractivity contribution in [3.63, 3.8) is 0 Å². The quantitative estimate of drug-likeness (QED) is 0.717. The third-order valence-corrected chi connectivity index (χ3v) is 3.15. The number of rotatable bonds is 7. The Bertz CT molecular complexity index is 443. The number of carboxylic acids is 1. The highest BCUT2D eigenvalue weighted by atomic mass is 16.4. The van der Waals surface area contributed by atoms with Crippen LogP contribution in [0, 0.1) is 5.92 Å². The molecule has 1 unspecified atom stereocenters. The van der Waals surface area contributed by atoms with E-state index in [1.54, 1.807) is 12.1 Å². The van der Waals surface area contributed by atoms with E-state index in [0.29, 0.717) is 24.6 Å². The van der Waals surface area contributed by atoms with Crippen LogP contribution in [0.1, 0.15) is 32.3 Å². The number of amides is 2. The topological polar surface area (TPSA) is 78.4 Å². The van der Waals surface area contributed by atoms with Crippen LogP contribution in [-0.2, 0) is 11.2 Å². The van der Waals surface area contributed by atoms with Gasteiger partial charge in [-0.25, -0.2) is 4.79 Å². The summed E-state index contributed by atoms with van der Waals surface area (Å²) in [5.41, 5.74) is 1.64. The highest BCUT2D eigenvalue weighted by Gasteiger charge is 2.04. The van der Waals surface area contributed by atoms with Crippen molar-refractivity contribution in [1.29, 1.82) is 0 Å². The van der Waals surface area contributed by atoms with Gasteiger partial charge in [-0.2, -0.15) is 0 Å². The molecule has 0 fully saturated rings. The van der Waals surface area contributed by atoms with Crippen molar-refractivity contribution < 1.29 is 14.7 Å². The van der Waals surface area contributed by atoms with Gasteiger partial charge in [0.05, 0.1) is 0 Å². The predicted octanol–water partition coefficient (Wildman–Crippen LogP) is 2.87. The second-order valence-corrected chi connectivity index (χ2v) is 4.94. The van der Waals surface area contributed by atoms with Gasteiger partial charge in [-0.15, -0.1) is 0 Å². The number of nitrogens with one attached hydrogen (secondary N) is 2. The van der Waals surface area contributed by atoms with Crippen LogP contribution in [-0.4, -0.2) is 23.7 Å². The van der Waals surface area contributed by atoms with E-state index in [9.17, 15) is 9.59 Å². The first kappa shape index (κ1) is 16.0. The minimum absolute atomic E-state index is 0.113. The maximum Gasteiger partial charge on any atom is 0.319 e. The van der Waals surface area contributed by atoms with Gasteiger partial charge >= 0.3 is 12.0 Å². The van der Waals surface area contributed by atoms with E-state index < -0.39 is 5.97 Å². The van der Waals surface area contributed by atoms with Crippen LogP contribution in [0.3, 0.4) is 0 Å². The van der Waals surface area contributed by atoms with Crippen LogP contribution in [0.25, 0.3) is 0 Å². The van der Waals surface area contributed by atoms with Gasteiger partial charge < -0.3 is 15.7 Å². The van der Waals surface area contributed by atoms with Gasteiger partial charge in [-0.3, -0.25) is 4.79 Å². The lowest BCUT2D eigenvalue weighted by molar-refractivity contribution is -0.136. The van der Waals surface area contributed by atoms with E-state index in [4.69, 9.17) is 5.11 Å². The maximum atomic E-state index is 11.6. The van der Waals surface area contributed by atoms with Gasteiger partial charge in [0.25, 0.3) is 0 Å². The van der Waals surface area contributed by atoms with Crippen molar-refractivity contribution in [2.75, 3.05) is 11.9 Å². The van der Waals surface area contributed by atoms with Crippen molar-refractivity contribution in [1.82, 2.24) is 5.32 Å². The number of carbonyl (C=O) groups excluding carboxylic acids is 1. The van der Waals surface area contributed by atoms with Gasteiger partial charge in [0.2, 0.25) is 0 Å². The molecule has 0 aliphatic carbocycles. The Morgan fingerprint density at radius 3 is 2.45 bits per heavy atom. The minimum Gasteiger partial charge on any atom is -0.481 e. The van der Waals surface area contributed by atoms with Crippen LogP contribution in [0.5, 0.6) is 0 Å². The maximum absolute atomic E-state index is 11.6. The van der Waals surface area contributed by atoms with Gasteiger partial charge in [0, 0.05) is 18.7 Å². The fraction of sp³-hybridized carbons (Fsp3) is 0.467. The Balaban J connectivity index is 2.40. The number of benzene rings is 1. The molecule has 20 heavy (non-hydrogen) atoms. The standard InChI is InChI=1S/C15H22N2O3/c1-3-11(2)10-16-15(20)17-13-7-4-12(5-8-13)6-9-14(18)19/h4-5,7-8,11H,3,6,9-10H2,1-2H3,(H,18,19)(H2,16,17,20). The third-order valence-electron chi connectivity index (χ3n) is 3.15. The molecule has 1 aromatic carbocycles. The molecule has 110 valence electrons. The molecule has 0 aliphatic heterocycles. The summed E-state index contributed by atoms with van der Waals surface area (Å²) in [5, 5.41) is 14.2. The number of carbonyl (C=O) groups is 2. The number of carboxylic acid groups (broad SMARTS) is 1. The zero-order chi connectivity index (χ0) is 15.0. The molecule has 0 spiro atoms. The summed E-state index contributed by atoms with van der Waals surface area (Å²) in [4.78, 5) is 22.1. The summed E-state index contributed by atoms with van der Waals surface area (Å²) in [7, 11) is 0. The van der Waals surface area contributed by atoms with Crippen LogP contribution in [0.2, 0.25) is 0 Å². The second-order valence-electron chi connectivity index (χ2n) is 4.94. The molecule has 0 radical (unpaired) electrons. The Morgan fingerprint density at radius 2 is 1.90 bits per heavy atom. The van der Waals surface area contributed by atoms with Crippen molar-refractivity contribution in [3.05, 3.63) is 29.8 Å². The first-order valence-corrected chi connectivity index (χ1v) is 6.86. The number of hydrogen-bond donors (Lipinski definition) is 3. The molecule has 2 amide bonds. The highest BCUT2D eigenvalue weighted by molar-refractivity contribution is 5.89. The molecule has 1 aromatic rings. The molecule has 1 rings (SSSR count). The molecule has 0 saturated heterocycles. The average molecular weight is 278 g/mol. The monoisotopic (exact) mass is 278 g/mol. The van der Waals surface area contributed by atoms with Gasteiger partial charge in [0.15, 0.2) is 0 Å². The minimum atomic E-state index is -0.809. The SMILES string of the molecule is CCC(C)CNC(=O)Nc1ccc(CCC(=O)O)cc1. The fourth-order valence-corrected chi connectivity index (χ4v) is 1.59. The third kappa shape index (κ3) is 6.22. The Labute approximate surface area is 119 Å². The van der Waals surface area contributed by atoms with Crippen molar-refractivity contribution in [2.45, 2.75) is 33.1 Å². The number of urea groups is 1. The Kier molecular flexibility index (Phi) is 6.56. The first-order chi connectivity index (χ1) is 9.51. The van der Waals surface area contributed by atoms with Gasteiger partial charge in [0.1, 0.15) is 0 Å². The highest BCUT2D eigenvalue weighted by Crippen LogP contribution is 2.11. The largest absolute Gasteiger partial charge is 0.481 e. The lowest BCUT2D eigenvalue weighted by Gasteiger charge is -2.11. The molecule has 0 aromatic heterocycles. The molecule has 0 aliphatic rings. The molecular formula is C15H22N2O3. The van der Waals surface area contributed by atoms with Gasteiger partial charge in [-0.05, 0) is 30.0 Å². The Hall–Kier alpha value is -2.04. The summed E-state index contributed by atoms with van der Waals surface area (Å²) >= 11 is 0. The van der Waals surface area contributed by atoms with E-state index in [0.717, 1.165) is 12.0 Å². The fourth-order valence-electron chi connectivity index (χ4n) is 1.59. The molecule has 0 heterocycles. The smallest absolute Gasteiger partial charge is 0.319 e. The molecule has 0 saturated carbocycles. The predicted molar refractivity (Wildman–Crippen MR) is 78.9 cm³/mol. The van der Waals surface area contributed by atoms with Crippen molar-refractivity contribution >= 4 is 17.7 Å². The molecule has 5 nitrogen and oxygen atoms in total. The summed E-state index contributed by atoms with van der Waals surface area (Å²) in [5.74, 6) is -0.351. The summed E-state index contributed by atoms with van der Waals surface area (Å²) < 4.78 is 0. The lowest BCUT2D eigenvalue weighted by atomic mass is 10.1. The van der Waals surface area contributed by atoms with Crippen molar-refractivity contribution in [2.24, 2.45) is 5.92 Å². The second kappa shape index (κ2) is 8.19.